The van der Waals surface area contributed by atoms with Crippen LogP contribution in [0.1, 0.15) is 93.4 Å². The molecule has 2 rings (SSSR count). The second-order valence-electron chi connectivity index (χ2n) is 10.00. The highest BCUT2D eigenvalue weighted by Gasteiger charge is 2.54. The second-order valence-corrected chi connectivity index (χ2v) is 10.00. The first-order valence-electron chi connectivity index (χ1n) is 11.0. The van der Waals surface area contributed by atoms with Crippen LogP contribution in [0.4, 0.5) is 0 Å². The van der Waals surface area contributed by atoms with E-state index in [1.807, 2.05) is 0 Å². The highest BCUT2D eigenvalue weighted by molar-refractivity contribution is 5.66. The average molecular weight is 393 g/mol. The van der Waals surface area contributed by atoms with Crippen LogP contribution in [0.25, 0.3) is 0 Å². The molecule has 0 spiro atoms. The number of carbonyl (C=O) groups excluding carboxylic acids is 2. The van der Waals surface area contributed by atoms with E-state index in [1.165, 1.54) is 20.3 Å². The third-order valence-corrected chi connectivity index (χ3v) is 7.55. The monoisotopic (exact) mass is 392 g/mol. The van der Waals surface area contributed by atoms with Crippen molar-refractivity contribution in [3.05, 3.63) is 11.1 Å². The van der Waals surface area contributed by atoms with Gasteiger partial charge in [-0.1, -0.05) is 38.8 Å². The van der Waals surface area contributed by atoms with E-state index in [4.69, 9.17) is 9.47 Å². The summed E-state index contributed by atoms with van der Waals surface area (Å²) in [7, 11) is 0. The van der Waals surface area contributed by atoms with E-state index >= 15 is 0 Å². The van der Waals surface area contributed by atoms with Gasteiger partial charge in [0.05, 0.1) is 6.61 Å². The van der Waals surface area contributed by atoms with Gasteiger partial charge >= 0.3 is 11.9 Å². The molecule has 0 bridgehead atoms. The summed E-state index contributed by atoms with van der Waals surface area (Å²) in [5.74, 6) is 0.716. The first-order chi connectivity index (χ1) is 13.0. The van der Waals surface area contributed by atoms with Gasteiger partial charge < -0.3 is 9.47 Å². The fourth-order valence-electron chi connectivity index (χ4n) is 5.92. The van der Waals surface area contributed by atoms with Gasteiger partial charge in [0.15, 0.2) is 0 Å². The molecule has 0 aromatic heterocycles. The van der Waals surface area contributed by atoms with Crippen molar-refractivity contribution >= 4 is 11.9 Å². The minimum Gasteiger partial charge on any atom is -0.466 e. The predicted molar refractivity (Wildman–Crippen MR) is 112 cm³/mol. The number of hydrogen-bond acceptors (Lipinski definition) is 4. The second kappa shape index (κ2) is 9.00. The lowest BCUT2D eigenvalue weighted by molar-refractivity contribution is -0.166. The summed E-state index contributed by atoms with van der Waals surface area (Å²) in [5, 5.41) is 0. The molecular formula is C24H40O4. The normalized spacial score (nSPS) is 30.4. The third-order valence-electron chi connectivity index (χ3n) is 7.55. The molecule has 4 nitrogen and oxygen atoms in total. The molecule has 1 fully saturated rings. The molecule has 0 radical (unpaired) electrons. The highest BCUT2D eigenvalue weighted by Crippen LogP contribution is 2.61. The van der Waals surface area contributed by atoms with Gasteiger partial charge in [0.1, 0.15) is 6.10 Å². The molecule has 0 aliphatic heterocycles. The van der Waals surface area contributed by atoms with Gasteiger partial charge in [-0.3, -0.25) is 9.59 Å². The summed E-state index contributed by atoms with van der Waals surface area (Å²) in [6, 6.07) is 0. The summed E-state index contributed by atoms with van der Waals surface area (Å²) >= 11 is 0. The molecule has 0 saturated heterocycles. The van der Waals surface area contributed by atoms with Crippen LogP contribution in [0.3, 0.4) is 0 Å². The summed E-state index contributed by atoms with van der Waals surface area (Å²) in [5.41, 5.74) is 3.38. The summed E-state index contributed by atoms with van der Waals surface area (Å²) in [6.45, 7) is 15.1. The lowest BCUT2D eigenvalue weighted by Gasteiger charge is -2.57. The first-order valence-corrected chi connectivity index (χ1v) is 11.0. The fourth-order valence-corrected chi connectivity index (χ4v) is 5.92. The SMILES string of the molecule is CC(=O)OCC[C@@H](C)CCC1=C(C)CC[C@H]2C(C)(C)[C@@H](OC(C)=O)CC[C@]12C. The van der Waals surface area contributed by atoms with Crippen LogP contribution < -0.4 is 0 Å². The van der Waals surface area contributed by atoms with Crippen molar-refractivity contribution in [1.29, 1.82) is 0 Å². The largest absolute Gasteiger partial charge is 0.466 e. The standard InChI is InChI=1S/C24H40O4/c1-16(13-15-27-18(3)25)8-10-20-17(2)9-11-21-23(5,6)22(28-19(4)26)12-14-24(20,21)7/h16,21-22H,8-15H2,1-7H3/t16-,21-,22-,24+/m0/s1. The number of fused-ring (bicyclic) bond motifs is 1. The molecule has 4 atom stereocenters. The number of carbonyl (C=O) groups is 2. The van der Waals surface area contributed by atoms with Crippen molar-refractivity contribution in [3.8, 4) is 0 Å². The smallest absolute Gasteiger partial charge is 0.302 e. The average Bonchev–Trinajstić information content (AvgIpc) is 2.56. The maximum Gasteiger partial charge on any atom is 0.302 e. The minimum absolute atomic E-state index is 0.00837. The van der Waals surface area contributed by atoms with Crippen LogP contribution in [-0.2, 0) is 19.1 Å². The molecule has 0 aromatic carbocycles. The molecule has 0 amide bonds. The van der Waals surface area contributed by atoms with E-state index < -0.39 is 0 Å². The molecule has 2 aliphatic carbocycles. The number of hydrogen-bond donors (Lipinski definition) is 0. The predicted octanol–water partition coefficient (Wildman–Crippen LogP) is 5.84. The Bertz CT molecular complexity index is 618. The Hall–Kier alpha value is -1.32. The maximum atomic E-state index is 11.6. The van der Waals surface area contributed by atoms with Crippen molar-refractivity contribution < 1.29 is 19.1 Å². The Balaban J connectivity index is 2.09. The van der Waals surface area contributed by atoms with E-state index in [9.17, 15) is 9.59 Å². The van der Waals surface area contributed by atoms with E-state index in [0.29, 0.717) is 18.4 Å². The Morgan fingerprint density at radius 1 is 1.11 bits per heavy atom. The molecule has 0 aromatic rings. The summed E-state index contributed by atoms with van der Waals surface area (Å²) in [4.78, 5) is 22.6. The summed E-state index contributed by atoms with van der Waals surface area (Å²) < 4.78 is 10.8. The maximum absolute atomic E-state index is 11.6. The Morgan fingerprint density at radius 3 is 2.39 bits per heavy atom. The summed E-state index contributed by atoms with van der Waals surface area (Å²) in [6.07, 6.45) is 7.55. The van der Waals surface area contributed by atoms with Gasteiger partial charge in [0, 0.05) is 19.3 Å². The molecular weight excluding hydrogens is 352 g/mol. The number of allylic oxidation sites excluding steroid dienone is 2. The highest BCUT2D eigenvalue weighted by atomic mass is 16.5. The minimum atomic E-state index is -0.194. The van der Waals surface area contributed by atoms with E-state index in [1.54, 1.807) is 11.1 Å². The van der Waals surface area contributed by atoms with Crippen LogP contribution in [0, 0.1) is 22.7 Å². The first kappa shape index (κ1) is 23.0. The number of rotatable bonds is 7. The molecule has 4 heteroatoms. The van der Waals surface area contributed by atoms with Crippen LogP contribution >= 0.6 is 0 Å². The lowest BCUT2D eigenvalue weighted by atomic mass is 9.49. The third kappa shape index (κ3) is 4.99. The van der Waals surface area contributed by atoms with E-state index in [0.717, 1.165) is 38.5 Å². The zero-order valence-electron chi connectivity index (χ0n) is 19.0. The Kier molecular flexibility index (Phi) is 7.38. The Morgan fingerprint density at radius 2 is 1.79 bits per heavy atom. The van der Waals surface area contributed by atoms with Crippen LogP contribution in [-0.4, -0.2) is 24.6 Å². The molecule has 28 heavy (non-hydrogen) atoms. The molecule has 1 saturated carbocycles. The van der Waals surface area contributed by atoms with Gasteiger partial charge in [-0.25, -0.2) is 0 Å². The van der Waals surface area contributed by atoms with Crippen molar-refractivity contribution in [2.75, 3.05) is 6.61 Å². The quantitative estimate of drug-likeness (QED) is 0.403. The van der Waals surface area contributed by atoms with E-state index in [-0.39, 0.29) is 28.9 Å². The lowest BCUT2D eigenvalue weighted by Crippen LogP contribution is -2.53. The van der Waals surface area contributed by atoms with E-state index in [2.05, 4.69) is 34.6 Å². The van der Waals surface area contributed by atoms with Crippen LogP contribution in [0.2, 0.25) is 0 Å². The van der Waals surface area contributed by atoms with Crippen LogP contribution in [0.5, 0.6) is 0 Å². The van der Waals surface area contributed by atoms with Crippen molar-refractivity contribution in [1.82, 2.24) is 0 Å². The van der Waals surface area contributed by atoms with Crippen molar-refractivity contribution in [2.24, 2.45) is 22.7 Å². The van der Waals surface area contributed by atoms with Gasteiger partial charge in [-0.05, 0) is 69.1 Å². The van der Waals surface area contributed by atoms with Crippen LogP contribution in [0.15, 0.2) is 11.1 Å². The molecule has 0 heterocycles. The number of ether oxygens (including phenoxy) is 2. The van der Waals surface area contributed by atoms with Gasteiger partial charge in [-0.2, -0.15) is 0 Å². The Labute approximate surface area is 171 Å². The zero-order valence-corrected chi connectivity index (χ0v) is 19.0. The zero-order chi connectivity index (χ0) is 21.1. The molecule has 160 valence electrons. The number of esters is 2. The molecule has 2 aliphatic rings. The van der Waals surface area contributed by atoms with Crippen molar-refractivity contribution in [3.63, 3.8) is 0 Å². The van der Waals surface area contributed by atoms with Gasteiger partial charge in [0.25, 0.3) is 0 Å². The topological polar surface area (TPSA) is 52.6 Å². The van der Waals surface area contributed by atoms with Crippen molar-refractivity contribution in [2.45, 2.75) is 99.5 Å². The molecule has 0 N–H and O–H groups in total. The van der Waals surface area contributed by atoms with Gasteiger partial charge in [-0.15, -0.1) is 0 Å². The van der Waals surface area contributed by atoms with Gasteiger partial charge in [0.2, 0.25) is 0 Å². The fraction of sp³-hybridized carbons (Fsp3) is 0.833. The molecule has 0 unspecified atom stereocenters.